The smallest absolute Gasteiger partial charge is 0.126 e. The van der Waals surface area contributed by atoms with Crippen molar-refractivity contribution in [3.63, 3.8) is 0 Å². The van der Waals surface area contributed by atoms with Crippen LogP contribution in [-0.4, -0.2) is 25.4 Å². The lowest BCUT2D eigenvalue weighted by atomic mass is 9.83. The fraction of sp³-hybridized carbons (Fsp3) is 1.00. The number of nitrogens with two attached hydrogens (primary N) is 3. The largest absolute Gasteiger partial charge is 0.360 e. The molecule has 0 amide bonds. The molecule has 0 aromatic rings. The van der Waals surface area contributed by atoms with Gasteiger partial charge in [-0.3, -0.25) is 0 Å². The zero-order valence-corrected chi connectivity index (χ0v) is 11.8. The van der Waals surface area contributed by atoms with Crippen molar-refractivity contribution in [3.8, 4) is 0 Å². The Kier molecular flexibility index (Phi) is 7.96. The maximum Gasteiger partial charge on any atom is 0.126 e. The van der Waals surface area contributed by atoms with Gasteiger partial charge in [0.1, 0.15) is 5.72 Å². The minimum absolute atomic E-state index is 0.356. The van der Waals surface area contributed by atoms with Crippen molar-refractivity contribution in [1.29, 1.82) is 0 Å². The SMILES string of the molecule is CC(C)(CCCN)CCCCOC(C)(N)CN. The first-order chi connectivity index (χ1) is 7.83. The van der Waals surface area contributed by atoms with Gasteiger partial charge in [-0.15, -0.1) is 0 Å². The third kappa shape index (κ3) is 9.53. The van der Waals surface area contributed by atoms with Crippen LogP contribution in [0.4, 0.5) is 0 Å². The van der Waals surface area contributed by atoms with Crippen molar-refractivity contribution >= 4 is 0 Å². The number of hydrogen-bond acceptors (Lipinski definition) is 4. The summed E-state index contributed by atoms with van der Waals surface area (Å²) < 4.78 is 5.51. The quantitative estimate of drug-likeness (QED) is 0.403. The first-order valence-corrected chi connectivity index (χ1v) is 6.66. The summed E-state index contributed by atoms with van der Waals surface area (Å²) >= 11 is 0. The molecule has 6 N–H and O–H groups in total. The Hall–Kier alpha value is -0.160. The summed E-state index contributed by atoms with van der Waals surface area (Å²) in [6, 6.07) is 0. The van der Waals surface area contributed by atoms with Crippen LogP contribution in [0.1, 0.15) is 52.9 Å². The van der Waals surface area contributed by atoms with E-state index in [1.165, 1.54) is 12.8 Å². The Morgan fingerprint density at radius 2 is 1.53 bits per heavy atom. The van der Waals surface area contributed by atoms with E-state index in [1.807, 2.05) is 6.92 Å². The molecular formula is C13H31N3O. The Bertz CT molecular complexity index is 193. The van der Waals surface area contributed by atoms with Crippen LogP contribution in [0.15, 0.2) is 0 Å². The molecule has 0 bridgehead atoms. The lowest BCUT2D eigenvalue weighted by Gasteiger charge is -2.25. The highest BCUT2D eigenvalue weighted by Crippen LogP contribution is 2.28. The second-order valence-electron chi connectivity index (χ2n) is 5.88. The molecule has 4 heteroatoms. The highest BCUT2D eigenvalue weighted by molar-refractivity contribution is 4.70. The van der Waals surface area contributed by atoms with Gasteiger partial charge < -0.3 is 21.9 Å². The Morgan fingerprint density at radius 1 is 0.941 bits per heavy atom. The third-order valence-electron chi connectivity index (χ3n) is 3.14. The summed E-state index contributed by atoms with van der Waals surface area (Å²) in [5.74, 6) is 0. The molecule has 0 aliphatic heterocycles. The van der Waals surface area contributed by atoms with E-state index in [-0.39, 0.29) is 0 Å². The van der Waals surface area contributed by atoms with Crippen LogP contribution in [0.3, 0.4) is 0 Å². The first-order valence-electron chi connectivity index (χ1n) is 6.66. The van der Waals surface area contributed by atoms with Crippen molar-refractivity contribution in [3.05, 3.63) is 0 Å². The molecule has 0 aromatic heterocycles. The van der Waals surface area contributed by atoms with E-state index in [2.05, 4.69) is 13.8 Å². The summed E-state index contributed by atoms with van der Waals surface area (Å²) in [4.78, 5) is 0. The van der Waals surface area contributed by atoms with E-state index in [0.717, 1.165) is 25.8 Å². The van der Waals surface area contributed by atoms with Gasteiger partial charge in [0, 0.05) is 13.2 Å². The molecular weight excluding hydrogens is 214 g/mol. The molecule has 0 radical (unpaired) electrons. The van der Waals surface area contributed by atoms with Gasteiger partial charge >= 0.3 is 0 Å². The van der Waals surface area contributed by atoms with Gasteiger partial charge in [-0.25, -0.2) is 0 Å². The topological polar surface area (TPSA) is 87.3 Å². The summed E-state index contributed by atoms with van der Waals surface area (Å²) in [5.41, 5.74) is 16.5. The maximum absolute atomic E-state index is 5.79. The Labute approximate surface area is 106 Å². The lowest BCUT2D eigenvalue weighted by Crippen LogP contribution is -2.46. The van der Waals surface area contributed by atoms with Gasteiger partial charge in [0.2, 0.25) is 0 Å². The van der Waals surface area contributed by atoms with Crippen molar-refractivity contribution in [2.45, 2.75) is 58.6 Å². The van der Waals surface area contributed by atoms with Gasteiger partial charge in [0.25, 0.3) is 0 Å². The molecule has 0 fully saturated rings. The molecule has 0 aromatic carbocycles. The third-order valence-corrected chi connectivity index (χ3v) is 3.14. The van der Waals surface area contributed by atoms with Crippen LogP contribution in [-0.2, 0) is 4.74 Å². The molecule has 0 rings (SSSR count). The van der Waals surface area contributed by atoms with Crippen LogP contribution < -0.4 is 17.2 Å². The molecule has 1 unspecified atom stereocenters. The first kappa shape index (κ1) is 16.8. The average molecular weight is 245 g/mol. The van der Waals surface area contributed by atoms with Crippen LogP contribution in [0.25, 0.3) is 0 Å². The normalized spacial score (nSPS) is 15.9. The van der Waals surface area contributed by atoms with Gasteiger partial charge in [-0.2, -0.15) is 0 Å². The summed E-state index contributed by atoms with van der Waals surface area (Å²) in [6.07, 6.45) is 5.72. The molecule has 104 valence electrons. The van der Waals surface area contributed by atoms with Gasteiger partial charge in [-0.05, 0) is 44.6 Å². The number of rotatable bonds is 10. The molecule has 1 atom stereocenters. The van der Waals surface area contributed by atoms with Crippen molar-refractivity contribution in [2.75, 3.05) is 19.7 Å². The second-order valence-corrected chi connectivity index (χ2v) is 5.88. The summed E-state index contributed by atoms with van der Waals surface area (Å²) in [6.45, 7) is 8.26. The highest BCUT2D eigenvalue weighted by atomic mass is 16.5. The predicted octanol–water partition coefficient (Wildman–Crippen LogP) is 1.57. The lowest BCUT2D eigenvalue weighted by molar-refractivity contribution is -0.0222. The van der Waals surface area contributed by atoms with E-state index in [4.69, 9.17) is 21.9 Å². The molecule has 17 heavy (non-hydrogen) atoms. The Balaban J connectivity index is 3.57. The maximum atomic E-state index is 5.79. The fourth-order valence-corrected chi connectivity index (χ4v) is 1.78. The molecule has 0 aliphatic rings. The van der Waals surface area contributed by atoms with Crippen molar-refractivity contribution in [2.24, 2.45) is 22.6 Å². The molecule has 0 spiro atoms. The second kappa shape index (κ2) is 8.03. The van der Waals surface area contributed by atoms with Crippen molar-refractivity contribution in [1.82, 2.24) is 0 Å². The molecule has 0 saturated heterocycles. The average Bonchev–Trinajstić information content (AvgIpc) is 2.26. The van der Waals surface area contributed by atoms with E-state index in [9.17, 15) is 0 Å². The Morgan fingerprint density at radius 3 is 2.06 bits per heavy atom. The van der Waals surface area contributed by atoms with Crippen molar-refractivity contribution < 1.29 is 4.74 Å². The van der Waals surface area contributed by atoms with E-state index in [0.29, 0.717) is 18.6 Å². The monoisotopic (exact) mass is 245 g/mol. The minimum Gasteiger partial charge on any atom is -0.360 e. The standard InChI is InChI=1S/C13H31N3O/c1-12(2,8-6-9-14)7-4-5-10-17-13(3,16)11-15/h4-11,14-16H2,1-3H3. The van der Waals surface area contributed by atoms with Gasteiger partial charge in [0.15, 0.2) is 0 Å². The highest BCUT2D eigenvalue weighted by Gasteiger charge is 2.18. The number of unbranched alkanes of at least 4 members (excludes halogenated alkanes) is 1. The van der Waals surface area contributed by atoms with Gasteiger partial charge in [0.05, 0.1) is 0 Å². The number of ether oxygens (including phenoxy) is 1. The van der Waals surface area contributed by atoms with Crippen LogP contribution in [0.2, 0.25) is 0 Å². The molecule has 0 heterocycles. The minimum atomic E-state index is -0.672. The van der Waals surface area contributed by atoms with Crippen LogP contribution in [0.5, 0.6) is 0 Å². The predicted molar refractivity (Wildman–Crippen MR) is 73.5 cm³/mol. The summed E-state index contributed by atoms with van der Waals surface area (Å²) in [7, 11) is 0. The van der Waals surface area contributed by atoms with Gasteiger partial charge in [-0.1, -0.05) is 20.3 Å². The summed E-state index contributed by atoms with van der Waals surface area (Å²) in [5, 5.41) is 0. The number of hydrogen-bond donors (Lipinski definition) is 3. The molecule has 4 nitrogen and oxygen atoms in total. The van der Waals surface area contributed by atoms with E-state index >= 15 is 0 Å². The van der Waals surface area contributed by atoms with E-state index < -0.39 is 5.72 Å². The molecule has 0 aliphatic carbocycles. The zero-order valence-electron chi connectivity index (χ0n) is 11.8. The fourth-order valence-electron chi connectivity index (χ4n) is 1.78. The molecule has 0 saturated carbocycles. The van der Waals surface area contributed by atoms with Crippen LogP contribution in [0, 0.1) is 5.41 Å². The zero-order chi connectivity index (χ0) is 13.4. The van der Waals surface area contributed by atoms with E-state index in [1.54, 1.807) is 0 Å². The van der Waals surface area contributed by atoms with Crippen LogP contribution >= 0.6 is 0 Å².